The van der Waals surface area contributed by atoms with Crippen molar-refractivity contribution in [2.75, 3.05) is 0 Å². The molecule has 0 fully saturated rings. The highest BCUT2D eigenvalue weighted by atomic mass is 32.2. The van der Waals surface area contributed by atoms with Crippen LogP contribution in [0.15, 0.2) is 28.0 Å². The summed E-state index contributed by atoms with van der Waals surface area (Å²) in [6.07, 6.45) is 0.662. The molecular weight excluding hydrogens is 231 g/mol. The van der Waals surface area contributed by atoms with Gasteiger partial charge in [0, 0.05) is 6.42 Å². The molecule has 0 radical (unpaired) electrons. The molecule has 2 rings (SSSR count). The molecule has 1 aromatic rings. The van der Waals surface area contributed by atoms with Gasteiger partial charge in [0.05, 0.1) is 11.0 Å². The van der Waals surface area contributed by atoms with Crippen LogP contribution >= 0.6 is 0 Å². The molecule has 0 aliphatic carbocycles. The monoisotopic (exact) mass is 242 g/mol. The van der Waals surface area contributed by atoms with Gasteiger partial charge >= 0.3 is 0 Å². The molecule has 0 spiro atoms. The molecule has 0 saturated carbocycles. The minimum Gasteiger partial charge on any atom is -0.393 e. The predicted octanol–water partition coefficient (Wildman–Crippen LogP) is 1.72. The summed E-state index contributed by atoms with van der Waals surface area (Å²) in [5, 5.41) is 9.19. The van der Waals surface area contributed by atoms with Gasteiger partial charge in [-0.25, -0.2) is 12.8 Å². The van der Waals surface area contributed by atoms with Crippen LogP contribution in [0.4, 0.5) is 4.39 Å². The van der Waals surface area contributed by atoms with Crippen molar-refractivity contribution in [2.24, 2.45) is 0 Å². The first kappa shape index (κ1) is 11.3. The zero-order valence-corrected chi connectivity index (χ0v) is 9.46. The first-order valence-corrected chi connectivity index (χ1v) is 6.33. The number of aliphatic hydroxyl groups excluding tert-OH is 1. The van der Waals surface area contributed by atoms with Crippen LogP contribution in [0.5, 0.6) is 0 Å². The van der Waals surface area contributed by atoms with Gasteiger partial charge in [0.2, 0.25) is 9.84 Å². The van der Waals surface area contributed by atoms with E-state index in [2.05, 4.69) is 0 Å². The summed E-state index contributed by atoms with van der Waals surface area (Å²) in [4.78, 5) is -0.201. The van der Waals surface area contributed by atoms with Crippen molar-refractivity contribution in [1.82, 2.24) is 0 Å². The largest absolute Gasteiger partial charge is 0.393 e. The lowest BCUT2D eigenvalue weighted by molar-refractivity contribution is 0.197. The highest BCUT2D eigenvalue weighted by Crippen LogP contribution is 2.36. The number of fused-ring (bicyclic) bond motifs is 1. The Labute approximate surface area is 93.1 Å². The molecule has 0 saturated heterocycles. The summed E-state index contributed by atoms with van der Waals surface area (Å²) in [6.45, 7) is 1.50. The van der Waals surface area contributed by atoms with Gasteiger partial charge in [0.15, 0.2) is 0 Å². The lowest BCUT2D eigenvalue weighted by Crippen LogP contribution is -2.08. The normalized spacial score (nSPS) is 19.1. The summed E-state index contributed by atoms with van der Waals surface area (Å²) in [5.74, 6) is -0.741. The second-order valence-corrected chi connectivity index (χ2v) is 5.76. The van der Waals surface area contributed by atoms with Gasteiger partial charge in [-0.05, 0) is 24.6 Å². The molecule has 5 heteroatoms. The second-order valence-electron chi connectivity index (χ2n) is 3.83. The predicted molar refractivity (Wildman–Crippen MR) is 57.9 cm³/mol. The Bertz CT molecular complexity index is 559. The Morgan fingerprint density at radius 2 is 2.12 bits per heavy atom. The molecule has 1 heterocycles. The molecule has 1 aliphatic rings. The number of aliphatic hydroxyl groups is 1. The van der Waals surface area contributed by atoms with Gasteiger partial charge in [0.25, 0.3) is 0 Å². The van der Waals surface area contributed by atoms with E-state index in [9.17, 15) is 17.9 Å². The van der Waals surface area contributed by atoms with Crippen LogP contribution in [0.25, 0.3) is 6.08 Å². The van der Waals surface area contributed by atoms with Crippen LogP contribution in [0.1, 0.15) is 18.9 Å². The van der Waals surface area contributed by atoms with E-state index in [1.54, 1.807) is 6.07 Å². The number of rotatable bonds is 2. The van der Waals surface area contributed by atoms with Crippen LogP contribution < -0.4 is 0 Å². The van der Waals surface area contributed by atoms with Gasteiger partial charge in [0.1, 0.15) is 10.7 Å². The van der Waals surface area contributed by atoms with Gasteiger partial charge in [-0.1, -0.05) is 12.1 Å². The van der Waals surface area contributed by atoms with Crippen LogP contribution in [0.2, 0.25) is 0 Å². The number of sulfone groups is 1. The Kier molecular flexibility index (Phi) is 2.59. The number of hydrogen-bond acceptors (Lipinski definition) is 3. The van der Waals surface area contributed by atoms with Crippen molar-refractivity contribution in [1.29, 1.82) is 0 Å². The first-order valence-electron chi connectivity index (χ1n) is 4.85. The highest BCUT2D eigenvalue weighted by molar-refractivity contribution is 7.95. The Balaban J connectivity index is 2.56. The Morgan fingerprint density at radius 1 is 1.44 bits per heavy atom. The Morgan fingerprint density at radius 3 is 2.69 bits per heavy atom. The number of hydrogen-bond donors (Lipinski definition) is 1. The fourth-order valence-corrected chi connectivity index (χ4v) is 3.53. The average molecular weight is 242 g/mol. The van der Waals surface area contributed by atoms with Crippen LogP contribution in [-0.4, -0.2) is 19.6 Å². The van der Waals surface area contributed by atoms with Gasteiger partial charge in [-0.2, -0.15) is 0 Å². The third-order valence-corrected chi connectivity index (χ3v) is 4.37. The van der Waals surface area contributed by atoms with Crippen LogP contribution in [0, 0.1) is 5.82 Å². The minimum atomic E-state index is -3.75. The zero-order valence-electron chi connectivity index (χ0n) is 8.64. The topological polar surface area (TPSA) is 54.4 Å². The summed E-state index contributed by atoms with van der Waals surface area (Å²) in [6, 6.07) is 4.13. The Hall–Kier alpha value is -1.20. The van der Waals surface area contributed by atoms with E-state index < -0.39 is 21.8 Å². The van der Waals surface area contributed by atoms with E-state index in [0.29, 0.717) is 5.56 Å². The van der Waals surface area contributed by atoms with E-state index in [1.807, 2.05) is 0 Å². The molecule has 0 amide bonds. The summed E-state index contributed by atoms with van der Waals surface area (Å²) < 4.78 is 37.3. The van der Waals surface area contributed by atoms with Crippen molar-refractivity contribution in [3.63, 3.8) is 0 Å². The lowest BCUT2D eigenvalue weighted by Gasteiger charge is -2.06. The average Bonchev–Trinajstić information content (AvgIpc) is 2.38. The van der Waals surface area contributed by atoms with E-state index >= 15 is 0 Å². The highest BCUT2D eigenvalue weighted by Gasteiger charge is 2.32. The molecule has 86 valence electrons. The second kappa shape index (κ2) is 3.68. The molecule has 1 aliphatic heterocycles. The first-order chi connectivity index (χ1) is 7.43. The maximum Gasteiger partial charge on any atom is 0.206 e. The van der Waals surface area contributed by atoms with Crippen molar-refractivity contribution in [3.05, 3.63) is 34.5 Å². The summed E-state index contributed by atoms with van der Waals surface area (Å²) in [7, 11) is -3.75. The number of halogens is 1. The molecule has 16 heavy (non-hydrogen) atoms. The zero-order chi connectivity index (χ0) is 11.9. The maximum atomic E-state index is 13.4. The fraction of sp³-hybridized carbons (Fsp3) is 0.273. The molecule has 1 atom stereocenters. The third kappa shape index (κ3) is 1.66. The standard InChI is InChI=1S/C11H11FO3S/c1-7(13)5-9-6-8-3-2-4-10(12)11(8)16(9,14)15/h2-4,6-7,13H,5H2,1H3. The third-order valence-electron chi connectivity index (χ3n) is 2.42. The summed E-state index contributed by atoms with van der Waals surface area (Å²) in [5.41, 5.74) is 0.357. The smallest absolute Gasteiger partial charge is 0.206 e. The van der Waals surface area contributed by atoms with Crippen LogP contribution in [-0.2, 0) is 9.84 Å². The molecule has 0 aromatic heterocycles. The van der Waals surface area contributed by atoms with E-state index in [4.69, 9.17) is 0 Å². The van der Waals surface area contributed by atoms with E-state index in [-0.39, 0.29) is 16.2 Å². The minimum absolute atomic E-state index is 0.0104. The van der Waals surface area contributed by atoms with E-state index in [1.165, 1.54) is 19.1 Å². The van der Waals surface area contributed by atoms with Crippen LogP contribution in [0.3, 0.4) is 0 Å². The van der Waals surface area contributed by atoms with Crippen molar-refractivity contribution in [3.8, 4) is 0 Å². The molecule has 3 nitrogen and oxygen atoms in total. The van der Waals surface area contributed by atoms with Crippen molar-refractivity contribution in [2.45, 2.75) is 24.3 Å². The van der Waals surface area contributed by atoms with Crippen molar-refractivity contribution < 1.29 is 17.9 Å². The molecule has 1 N–H and O–H groups in total. The van der Waals surface area contributed by atoms with Gasteiger partial charge in [-0.15, -0.1) is 0 Å². The molecule has 1 aromatic carbocycles. The maximum absolute atomic E-state index is 13.4. The SMILES string of the molecule is CC(O)CC1=Cc2cccc(F)c2S1(=O)=O. The van der Waals surface area contributed by atoms with Crippen molar-refractivity contribution >= 4 is 15.9 Å². The fourth-order valence-electron chi connectivity index (χ4n) is 1.76. The molecule has 0 bridgehead atoms. The lowest BCUT2D eigenvalue weighted by atomic mass is 10.2. The quantitative estimate of drug-likeness (QED) is 0.859. The van der Waals surface area contributed by atoms with E-state index in [0.717, 1.165) is 6.07 Å². The molecule has 1 unspecified atom stereocenters. The number of benzene rings is 1. The van der Waals surface area contributed by atoms with Gasteiger partial charge in [-0.3, -0.25) is 0 Å². The molecular formula is C11H11FO3S. The summed E-state index contributed by atoms with van der Waals surface area (Å²) >= 11 is 0. The van der Waals surface area contributed by atoms with Gasteiger partial charge < -0.3 is 5.11 Å².